The Morgan fingerprint density at radius 2 is 1.75 bits per heavy atom. The zero-order valence-electron chi connectivity index (χ0n) is 14.6. The van der Waals surface area contributed by atoms with E-state index in [-0.39, 0.29) is 12.0 Å². The van der Waals surface area contributed by atoms with Crippen LogP contribution in [0.25, 0.3) is 0 Å². The fourth-order valence-corrected chi connectivity index (χ4v) is 2.83. The molecule has 1 fully saturated rings. The highest BCUT2D eigenvalue weighted by Gasteiger charge is 2.22. The highest BCUT2D eigenvalue weighted by molar-refractivity contribution is 5.78. The Balaban J connectivity index is 1.83. The maximum atomic E-state index is 12.3. The molecule has 6 heteroatoms. The van der Waals surface area contributed by atoms with Crippen LogP contribution < -0.4 is 4.74 Å². The molecule has 1 aromatic rings. The maximum absolute atomic E-state index is 12.3. The second-order valence-corrected chi connectivity index (χ2v) is 5.86. The van der Waals surface area contributed by atoms with Gasteiger partial charge in [-0.1, -0.05) is 18.2 Å². The van der Waals surface area contributed by atoms with E-state index in [2.05, 4.69) is 4.90 Å². The van der Waals surface area contributed by atoms with Crippen LogP contribution in [-0.2, 0) is 4.79 Å². The van der Waals surface area contributed by atoms with Crippen molar-refractivity contribution in [2.45, 2.75) is 20.3 Å². The maximum Gasteiger partial charge on any atom is 0.415 e. The van der Waals surface area contributed by atoms with Crippen molar-refractivity contribution in [1.82, 2.24) is 14.7 Å². The van der Waals surface area contributed by atoms with Crippen LogP contribution in [0, 0.1) is 0 Å². The summed E-state index contributed by atoms with van der Waals surface area (Å²) in [7, 11) is 0. The molecule has 0 bridgehead atoms. The highest BCUT2D eigenvalue weighted by Crippen LogP contribution is 2.12. The molecule has 1 aliphatic heterocycles. The number of likely N-dealkylation sites (N-methyl/N-ethyl adjacent to an activating group) is 1. The molecule has 0 N–H and O–H groups in total. The largest absolute Gasteiger partial charge is 0.415 e. The standard InChI is InChI=1S/C18H27N3O3/c1-3-20(4-2)17(22)15-19-11-8-12-21(14-13-19)18(23)24-16-9-6-5-7-10-16/h5-7,9-10H,3-4,8,11-15H2,1-2H3. The van der Waals surface area contributed by atoms with Gasteiger partial charge in [-0.05, 0) is 32.4 Å². The smallest absolute Gasteiger partial charge is 0.410 e. The molecule has 6 nitrogen and oxygen atoms in total. The fourth-order valence-electron chi connectivity index (χ4n) is 2.83. The van der Waals surface area contributed by atoms with Gasteiger partial charge in [0.25, 0.3) is 0 Å². The molecule has 0 atom stereocenters. The number of hydrogen-bond acceptors (Lipinski definition) is 4. The van der Waals surface area contributed by atoms with E-state index in [4.69, 9.17) is 4.74 Å². The summed E-state index contributed by atoms with van der Waals surface area (Å²) < 4.78 is 5.39. The van der Waals surface area contributed by atoms with Crippen LogP contribution in [0.15, 0.2) is 30.3 Å². The number of ether oxygens (including phenoxy) is 1. The lowest BCUT2D eigenvalue weighted by Crippen LogP contribution is -2.42. The molecule has 0 aliphatic carbocycles. The minimum atomic E-state index is -0.321. The van der Waals surface area contributed by atoms with E-state index in [1.54, 1.807) is 17.0 Å². The molecule has 24 heavy (non-hydrogen) atoms. The fraction of sp³-hybridized carbons (Fsp3) is 0.556. The van der Waals surface area contributed by atoms with E-state index in [1.807, 2.05) is 36.9 Å². The van der Waals surface area contributed by atoms with Gasteiger partial charge in [-0.3, -0.25) is 9.69 Å². The SMILES string of the molecule is CCN(CC)C(=O)CN1CCCN(C(=O)Oc2ccccc2)CC1. The number of benzene rings is 1. The molecule has 2 rings (SSSR count). The van der Waals surface area contributed by atoms with Crippen LogP contribution >= 0.6 is 0 Å². The van der Waals surface area contributed by atoms with E-state index >= 15 is 0 Å². The zero-order valence-corrected chi connectivity index (χ0v) is 14.6. The van der Waals surface area contributed by atoms with Gasteiger partial charge in [0.2, 0.25) is 5.91 Å². The molecular weight excluding hydrogens is 306 g/mol. The van der Waals surface area contributed by atoms with Crippen molar-refractivity contribution in [2.24, 2.45) is 0 Å². The number of carbonyl (C=O) groups is 2. The summed E-state index contributed by atoms with van der Waals surface area (Å²) in [6.45, 7) is 8.62. The predicted molar refractivity (Wildman–Crippen MR) is 93.0 cm³/mol. The molecule has 0 saturated carbocycles. The first kappa shape index (κ1) is 18.3. The average Bonchev–Trinajstić information content (AvgIpc) is 2.82. The number of nitrogens with zero attached hydrogens (tertiary/aromatic N) is 3. The third-order valence-electron chi connectivity index (χ3n) is 4.27. The van der Waals surface area contributed by atoms with Crippen LogP contribution in [0.2, 0.25) is 0 Å². The van der Waals surface area contributed by atoms with Crippen molar-refractivity contribution < 1.29 is 14.3 Å². The lowest BCUT2D eigenvalue weighted by Gasteiger charge is -2.25. The molecule has 0 spiro atoms. The topological polar surface area (TPSA) is 53.1 Å². The summed E-state index contributed by atoms with van der Waals surface area (Å²) in [5, 5.41) is 0. The highest BCUT2D eigenvalue weighted by atomic mass is 16.6. The normalized spacial score (nSPS) is 15.7. The van der Waals surface area contributed by atoms with E-state index in [1.165, 1.54) is 0 Å². The number of amides is 2. The first-order chi connectivity index (χ1) is 11.6. The Hall–Kier alpha value is -2.08. The van der Waals surface area contributed by atoms with Gasteiger partial charge >= 0.3 is 6.09 Å². The molecule has 0 aromatic heterocycles. The number of para-hydroxylation sites is 1. The monoisotopic (exact) mass is 333 g/mol. The predicted octanol–water partition coefficient (Wildman–Crippen LogP) is 2.06. The molecule has 2 amide bonds. The van der Waals surface area contributed by atoms with Gasteiger partial charge in [0.05, 0.1) is 6.54 Å². The molecule has 1 aliphatic rings. The first-order valence-electron chi connectivity index (χ1n) is 8.66. The van der Waals surface area contributed by atoms with Crippen molar-refractivity contribution in [1.29, 1.82) is 0 Å². The summed E-state index contributed by atoms with van der Waals surface area (Å²) >= 11 is 0. The number of rotatable bonds is 5. The molecule has 0 unspecified atom stereocenters. The average molecular weight is 333 g/mol. The van der Waals surface area contributed by atoms with Crippen LogP contribution in [-0.4, -0.2) is 72.5 Å². The third kappa shape index (κ3) is 5.23. The second-order valence-electron chi connectivity index (χ2n) is 5.86. The second kappa shape index (κ2) is 9.27. The summed E-state index contributed by atoms with van der Waals surface area (Å²) in [5.74, 6) is 0.709. The van der Waals surface area contributed by atoms with Crippen LogP contribution in [0.4, 0.5) is 4.79 Å². The molecule has 1 aromatic carbocycles. The number of hydrogen-bond donors (Lipinski definition) is 0. The molecule has 0 radical (unpaired) electrons. The Morgan fingerprint density at radius 3 is 2.42 bits per heavy atom. The quantitative estimate of drug-likeness (QED) is 0.828. The van der Waals surface area contributed by atoms with Gasteiger partial charge in [-0.2, -0.15) is 0 Å². The Morgan fingerprint density at radius 1 is 1.04 bits per heavy atom. The molecule has 1 heterocycles. The first-order valence-corrected chi connectivity index (χ1v) is 8.66. The zero-order chi connectivity index (χ0) is 17.4. The van der Waals surface area contributed by atoms with E-state index in [9.17, 15) is 9.59 Å². The van der Waals surface area contributed by atoms with E-state index in [0.717, 1.165) is 26.1 Å². The minimum absolute atomic E-state index is 0.153. The van der Waals surface area contributed by atoms with Crippen LogP contribution in [0.3, 0.4) is 0 Å². The molecule has 132 valence electrons. The number of carbonyl (C=O) groups excluding carboxylic acids is 2. The van der Waals surface area contributed by atoms with Gasteiger partial charge in [0.15, 0.2) is 0 Å². The Kier molecular flexibility index (Phi) is 7.06. The summed E-state index contributed by atoms with van der Waals surface area (Å²) in [6, 6.07) is 9.10. The third-order valence-corrected chi connectivity index (χ3v) is 4.27. The minimum Gasteiger partial charge on any atom is -0.410 e. The van der Waals surface area contributed by atoms with Crippen molar-refractivity contribution in [3.05, 3.63) is 30.3 Å². The van der Waals surface area contributed by atoms with Gasteiger partial charge in [-0.25, -0.2) is 4.79 Å². The van der Waals surface area contributed by atoms with Crippen LogP contribution in [0.5, 0.6) is 5.75 Å². The van der Waals surface area contributed by atoms with Gasteiger partial charge < -0.3 is 14.5 Å². The van der Waals surface area contributed by atoms with Gasteiger partial charge in [-0.15, -0.1) is 0 Å². The van der Waals surface area contributed by atoms with Crippen molar-refractivity contribution in [3.8, 4) is 5.75 Å². The van der Waals surface area contributed by atoms with Gasteiger partial charge in [0.1, 0.15) is 5.75 Å². The Bertz CT molecular complexity index is 532. The van der Waals surface area contributed by atoms with Gasteiger partial charge in [0, 0.05) is 39.3 Å². The summed E-state index contributed by atoms with van der Waals surface area (Å²) in [5.41, 5.74) is 0. The van der Waals surface area contributed by atoms with E-state index in [0.29, 0.717) is 31.9 Å². The summed E-state index contributed by atoms with van der Waals surface area (Å²) in [4.78, 5) is 30.2. The van der Waals surface area contributed by atoms with Crippen molar-refractivity contribution >= 4 is 12.0 Å². The van der Waals surface area contributed by atoms with Crippen molar-refractivity contribution in [2.75, 3.05) is 45.8 Å². The van der Waals surface area contributed by atoms with E-state index < -0.39 is 0 Å². The lowest BCUT2D eigenvalue weighted by atomic mass is 10.3. The Labute approximate surface area is 144 Å². The summed E-state index contributed by atoms with van der Waals surface area (Å²) in [6.07, 6.45) is 0.521. The van der Waals surface area contributed by atoms with Crippen LogP contribution in [0.1, 0.15) is 20.3 Å². The van der Waals surface area contributed by atoms with Crippen molar-refractivity contribution in [3.63, 3.8) is 0 Å². The molecular formula is C18H27N3O3. The lowest BCUT2D eigenvalue weighted by molar-refractivity contribution is -0.132. The molecule has 1 saturated heterocycles.